The number of carbonyl (C=O) groups excluding carboxylic acids is 1. The molecular weight excluding hydrogens is 414 g/mol. The molecule has 3 N–H and O–H groups in total. The first kappa shape index (κ1) is 20.7. The average molecular weight is 444 g/mol. The number of hydrogen-bond donors (Lipinski definition) is 3. The van der Waals surface area contributed by atoms with Crippen molar-refractivity contribution in [3.8, 4) is 0 Å². The molecule has 2 aromatic rings. The van der Waals surface area contributed by atoms with E-state index in [-0.39, 0.29) is 11.4 Å². The number of carbonyl (C=O) groups is 1. The van der Waals surface area contributed by atoms with E-state index < -0.39 is 0 Å². The van der Waals surface area contributed by atoms with E-state index in [4.69, 9.17) is 20.8 Å². The molecule has 0 bridgehead atoms. The summed E-state index contributed by atoms with van der Waals surface area (Å²) >= 11 is 6.66. The van der Waals surface area contributed by atoms with Crippen molar-refractivity contribution in [1.29, 1.82) is 0 Å². The molecule has 0 atom stereocenters. The molecule has 7 heteroatoms. The van der Waals surface area contributed by atoms with E-state index in [9.17, 15) is 4.79 Å². The monoisotopic (exact) mass is 443 g/mol. The molecule has 1 aromatic heterocycles. The molecule has 1 amide bonds. The van der Waals surface area contributed by atoms with Crippen LogP contribution < -0.4 is 16.0 Å². The van der Waals surface area contributed by atoms with E-state index >= 15 is 0 Å². The molecule has 0 unspecified atom stereocenters. The molecule has 2 fully saturated rings. The fourth-order valence-corrected chi connectivity index (χ4v) is 5.68. The molecule has 1 saturated heterocycles. The molecule has 0 radical (unpaired) electrons. The van der Waals surface area contributed by atoms with Crippen LogP contribution in [0, 0.1) is 5.92 Å². The summed E-state index contributed by atoms with van der Waals surface area (Å²) in [6.07, 6.45) is 8.57. The van der Waals surface area contributed by atoms with Crippen LogP contribution in [0.2, 0.25) is 5.02 Å². The Kier molecular flexibility index (Phi) is 5.61. The largest absolute Gasteiger partial charge is 0.450 e. The molecule has 6 nitrogen and oxygen atoms in total. The Hall–Kier alpha value is -2.18. The van der Waals surface area contributed by atoms with Crippen LogP contribution in [0.3, 0.4) is 0 Å². The van der Waals surface area contributed by atoms with E-state index in [0.29, 0.717) is 23.2 Å². The number of amides is 1. The van der Waals surface area contributed by atoms with Crippen molar-refractivity contribution < 1.29 is 13.9 Å². The van der Waals surface area contributed by atoms with E-state index in [1.165, 1.54) is 6.42 Å². The molecule has 3 aliphatic rings. The minimum Gasteiger partial charge on any atom is -0.450 e. The fourth-order valence-electron chi connectivity index (χ4n) is 5.42. The SMILES string of the molecule is C=C1Nc2c(Cl)cc3cc(C(=O)NCCC4CCOCC4)oc3c2C2(CCCCC2)N1. The Morgan fingerprint density at radius 2 is 2.00 bits per heavy atom. The summed E-state index contributed by atoms with van der Waals surface area (Å²) in [5.74, 6) is 1.54. The number of furan rings is 1. The first-order valence-corrected chi connectivity index (χ1v) is 11.8. The van der Waals surface area contributed by atoms with Gasteiger partial charge in [-0.2, -0.15) is 0 Å². The smallest absolute Gasteiger partial charge is 0.287 e. The minimum atomic E-state index is -0.256. The highest BCUT2D eigenvalue weighted by Crippen LogP contribution is 2.49. The van der Waals surface area contributed by atoms with E-state index in [0.717, 1.165) is 86.2 Å². The van der Waals surface area contributed by atoms with Gasteiger partial charge in [0.05, 0.1) is 22.1 Å². The number of nitrogens with one attached hydrogen (secondary N) is 3. The lowest BCUT2D eigenvalue weighted by molar-refractivity contribution is 0.0635. The highest BCUT2D eigenvalue weighted by atomic mass is 35.5. The maximum Gasteiger partial charge on any atom is 0.287 e. The Morgan fingerprint density at radius 1 is 1.23 bits per heavy atom. The number of anilines is 1. The lowest BCUT2D eigenvalue weighted by Crippen LogP contribution is -2.48. The number of hydrogen-bond acceptors (Lipinski definition) is 5. The van der Waals surface area contributed by atoms with E-state index in [1.807, 2.05) is 12.1 Å². The normalized spacial score (nSPS) is 20.9. The second-order valence-electron chi connectivity index (χ2n) is 9.11. The van der Waals surface area contributed by atoms with Crippen molar-refractivity contribution in [3.05, 3.63) is 40.9 Å². The van der Waals surface area contributed by atoms with Crippen LogP contribution in [0.5, 0.6) is 0 Å². The summed E-state index contributed by atoms with van der Waals surface area (Å²) in [6.45, 7) is 6.40. The summed E-state index contributed by atoms with van der Waals surface area (Å²) in [6, 6.07) is 3.69. The third-order valence-corrected chi connectivity index (χ3v) is 7.31. The van der Waals surface area contributed by atoms with Crippen LogP contribution in [0.25, 0.3) is 11.0 Å². The summed E-state index contributed by atoms with van der Waals surface area (Å²) in [7, 11) is 0. The van der Waals surface area contributed by atoms with Gasteiger partial charge in [0, 0.05) is 30.7 Å². The van der Waals surface area contributed by atoms with Gasteiger partial charge in [-0.25, -0.2) is 0 Å². The van der Waals surface area contributed by atoms with E-state index in [1.54, 1.807) is 0 Å². The molecular formula is C24H30ClN3O3. The quantitative estimate of drug-likeness (QED) is 0.599. The van der Waals surface area contributed by atoms with Gasteiger partial charge in [-0.05, 0) is 50.2 Å². The Balaban J connectivity index is 1.42. The summed E-state index contributed by atoms with van der Waals surface area (Å²) < 4.78 is 11.6. The third kappa shape index (κ3) is 3.92. The molecule has 2 aliphatic heterocycles. The van der Waals surface area contributed by atoms with Gasteiger partial charge in [0.1, 0.15) is 5.58 Å². The molecule has 5 rings (SSSR count). The zero-order valence-corrected chi connectivity index (χ0v) is 18.6. The van der Waals surface area contributed by atoms with Crippen molar-refractivity contribution in [2.75, 3.05) is 25.1 Å². The predicted molar refractivity (Wildman–Crippen MR) is 122 cm³/mol. The van der Waals surface area contributed by atoms with Gasteiger partial charge in [-0.1, -0.05) is 37.4 Å². The van der Waals surface area contributed by atoms with Crippen molar-refractivity contribution in [2.24, 2.45) is 5.92 Å². The number of rotatable bonds is 4. The van der Waals surface area contributed by atoms with Gasteiger partial charge >= 0.3 is 0 Å². The summed E-state index contributed by atoms with van der Waals surface area (Å²) in [5.41, 5.74) is 2.36. The van der Waals surface area contributed by atoms with Crippen LogP contribution in [-0.2, 0) is 10.3 Å². The van der Waals surface area contributed by atoms with Crippen LogP contribution in [0.15, 0.2) is 28.9 Å². The van der Waals surface area contributed by atoms with Crippen LogP contribution in [-0.4, -0.2) is 25.7 Å². The van der Waals surface area contributed by atoms with Crippen molar-refractivity contribution in [3.63, 3.8) is 0 Å². The molecule has 3 heterocycles. The molecule has 1 saturated carbocycles. The zero-order chi connectivity index (χ0) is 21.4. The third-order valence-electron chi connectivity index (χ3n) is 7.01. The molecule has 1 spiro atoms. The van der Waals surface area contributed by atoms with Gasteiger partial charge < -0.3 is 25.1 Å². The highest BCUT2D eigenvalue weighted by Gasteiger charge is 2.42. The van der Waals surface area contributed by atoms with Crippen LogP contribution in [0.1, 0.15) is 67.5 Å². The molecule has 1 aliphatic carbocycles. The standard InChI is InChI=1S/C24H30ClN3O3/c1-15-27-21-18(25)13-17-14-19(23(29)26-10-5-16-6-11-30-12-7-16)31-22(17)20(21)24(28-15)8-3-2-4-9-24/h13-14,16,27-28H,1-12H2,(H,26,29). The first-order chi connectivity index (χ1) is 15.1. The van der Waals surface area contributed by atoms with Gasteiger partial charge in [0.2, 0.25) is 0 Å². The van der Waals surface area contributed by atoms with E-state index in [2.05, 4.69) is 22.5 Å². The Bertz CT molecular complexity index is 1000. The van der Waals surface area contributed by atoms with Gasteiger partial charge in [-0.3, -0.25) is 4.79 Å². The lowest BCUT2D eigenvalue weighted by Gasteiger charge is -2.44. The lowest BCUT2D eigenvalue weighted by atomic mass is 9.74. The zero-order valence-electron chi connectivity index (χ0n) is 17.8. The summed E-state index contributed by atoms with van der Waals surface area (Å²) in [5, 5.41) is 11.4. The first-order valence-electron chi connectivity index (χ1n) is 11.4. The average Bonchev–Trinajstić information content (AvgIpc) is 3.18. The minimum absolute atomic E-state index is 0.174. The van der Waals surface area contributed by atoms with Crippen molar-refractivity contribution >= 4 is 34.2 Å². The topological polar surface area (TPSA) is 75.5 Å². The van der Waals surface area contributed by atoms with Crippen molar-refractivity contribution in [1.82, 2.24) is 10.6 Å². The maximum absolute atomic E-state index is 12.8. The van der Waals surface area contributed by atoms with Crippen LogP contribution in [0.4, 0.5) is 5.69 Å². The Morgan fingerprint density at radius 3 is 2.77 bits per heavy atom. The number of fused-ring (bicyclic) bond motifs is 4. The second-order valence-corrected chi connectivity index (χ2v) is 9.52. The number of benzene rings is 1. The van der Waals surface area contributed by atoms with Gasteiger partial charge in [0.25, 0.3) is 5.91 Å². The highest BCUT2D eigenvalue weighted by molar-refractivity contribution is 6.34. The molecule has 31 heavy (non-hydrogen) atoms. The Labute approximate surface area is 187 Å². The summed E-state index contributed by atoms with van der Waals surface area (Å²) in [4.78, 5) is 12.8. The van der Waals surface area contributed by atoms with Gasteiger partial charge in [-0.15, -0.1) is 0 Å². The number of halogens is 1. The maximum atomic E-state index is 12.8. The van der Waals surface area contributed by atoms with Gasteiger partial charge in [0.15, 0.2) is 5.76 Å². The molecule has 1 aromatic carbocycles. The van der Waals surface area contributed by atoms with Crippen molar-refractivity contribution in [2.45, 2.75) is 56.9 Å². The second kappa shape index (κ2) is 8.40. The predicted octanol–water partition coefficient (Wildman–Crippen LogP) is 5.28. The van der Waals surface area contributed by atoms with Crippen LogP contribution >= 0.6 is 11.6 Å². The number of ether oxygens (including phenoxy) is 1. The molecule has 166 valence electrons. The fraction of sp³-hybridized carbons (Fsp3) is 0.542.